The topological polar surface area (TPSA) is 19.9 Å². The van der Waals surface area contributed by atoms with Gasteiger partial charge in [0.1, 0.15) is 5.60 Å². The molecule has 0 heterocycles. The second-order valence-electron chi connectivity index (χ2n) is 2.66. The summed E-state index contributed by atoms with van der Waals surface area (Å²) < 4.78 is 0.953. The zero-order valence-corrected chi connectivity index (χ0v) is 7.73. The molecule has 1 atom stereocenters. The molecular weight excluding hydrogens is 215 g/mol. The van der Waals surface area contributed by atoms with Crippen LogP contribution in [0.25, 0.3) is 0 Å². The van der Waals surface area contributed by atoms with E-state index in [0.29, 0.717) is 0 Å². The molecule has 8 heavy (non-hydrogen) atoms. The average Bonchev–Trinajstić information content (AvgIpc) is 1.62. The molecule has 2 heteroatoms. The van der Waals surface area contributed by atoms with E-state index in [-0.39, 0.29) is 5.92 Å². The predicted molar refractivity (Wildman–Crippen MR) is 42.8 cm³/mol. The molecule has 0 aliphatic carbocycles. The summed E-state index contributed by atoms with van der Waals surface area (Å²) in [6.45, 7) is 5.45. The van der Waals surface area contributed by atoms with Crippen molar-refractivity contribution >= 4 is 22.6 Å². The predicted octanol–water partition coefficient (Wildman–Crippen LogP) is 2.27. The third-order valence-corrected chi connectivity index (χ3v) is 2.74. The summed E-state index contributed by atoms with van der Waals surface area (Å²) in [4.78, 5) is 0. The Kier molecular flexibility index (Phi) is 3.27. The van der Waals surface area contributed by atoms with Crippen molar-refractivity contribution in [1.29, 1.82) is 0 Å². The van der Waals surface area contributed by atoms with Gasteiger partial charge in [-0.2, -0.15) is 0 Å². The van der Waals surface area contributed by atoms with Crippen molar-refractivity contribution in [3.63, 3.8) is 0 Å². The molecular formula is C6H12IO. The number of hydrogen-bond donors (Lipinski definition) is 0. The van der Waals surface area contributed by atoms with E-state index in [0.717, 1.165) is 4.43 Å². The van der Waals surface area contributed by atoms with Gasteiger partial charge in [0.2, 0.25) is 0 Å². The lowest BCUT2D eigenvalue weighted by molar-refractivity contribution is -0.0323. The normalized spacial score (nSPS) is 16.1. The highest BCUT2D eigenvalue weighted by Crippen LogP contribution is 2.17. The van der Waals surface area contributed by atoms with Crippen LogP contribution in [0.3, 0.4) is 0 Å². The second-order valence-corrected chi connectivity index (χ2v) is 3.54. The molecule has 0 aromatic rings. The van der Waals surface area contributed by atoms with E-state index < -0.39 is 5.60 Å². The Hall–Kier alpha value is 0.690. The van der Waals surface area contributed by atoms with Crippen molar-refractivity contribution in [3.05, 3.63) is 0 Å². The van der Waals surface area contributed by atoms with Crippen LogP contribution in [0.1, 0.15) is 20.8 Å². The van der Waals surface area contributed by atoms with Gasteiger partial charge in [0.05, 0.1) is 0 Å². The van der Waals surface area contributed by atoms with Gasteiger partial charge in [-0.05, 0) is 19.8 Å². The van der Waals surface area contributed by atoms with Gasteiger partial charge in [0.15, 0.2) is 0 Å². The van der Waals surface area contributed by atoms with Crippen molar-refractivity contribution in [2.24, 2.45) is 5.92 Å². The Balaban J connectivity index is 3.62. The van der Waals surface area contributed by atoms with Crippen LogP contribution < -0.4 is 0 Å². The Morgan fingerprint density at radius 2 is 2.00 bits per heavy atom. The summed E-state index contributed by atoms with van der Waals surface area (Å²) in [7, 11) is 0. The minimum absolute atomic E-state index is 0.281. The smallest absolute Gasteiger partial charge is 0.101 e. The van der Waals surface area contributed by atoms with Crippen LogP contribution in [0.2, 0.25) is 0 Å². The zero-order chi connectivity index (χ0) is 6.78. The number of alkyl halides is 1. The molecule has 0 rings (SSSR count). The fourth-order valence-electron chi connectivity index (χ4n) is 0.186. The van der Waals surface area contributed by atoms with Gasteiger partial charge >= 0.3 is 0 Å². The fraction of sp³-hybridized carbons (Fsp3) is 1.00. The SMILES string of the molecule is CC(CI)C(C)(C)[O]. The van der Waals surface area contributed by atoms with Crippen molar-refractivity contribution in [3.8, 4) is 0 Å². The third-order valence-electron chi connectivity index (χ3n) is 1.42. The lowest BCUT2D eigenvalue weighted by atomic mass is 9.95. The molecule has 1 nitrogen and oxygen atoms in total. The molecule has 0 saturated heterocycles. The molecule has 0 aliphatic heterocycles. The van der Waals surface area contributed by atoms with Gasteiger partial charge in [-0.3, -0.25) is 0 Å². The van der Waals surface area contributed by atoms with E-state index in [1.165, 1.54) is 0 Å². The van der Waals surface area contributed by atoms with E-state index in [1.54, 1.807) is 13.8 Å². The Bertz CT molecular complexity index is 65.4. The molecule has 49 valence electrons. The molecule has 0 bridgehead atoms. The van der Waals surface area contributed by atoms with Crippen LogP contribution in [-0.4, -0.2) is 10.0 Å². The summed E-state index contributed by atoms with van der Waals surface area (Å²) in [6.07, 6.45) is 0. The molecule has 0 fully saturated rings. The number of rotatable bonds is 2. The maximum atomic E-state index is 11.0. The Morgan fingerprint density at radius 3 is 2.00 bits per heavy atom. The monoisotopic (exact) mass is 227 g/mol. The maximum Gasteiger partial charge on any atom is 0.101 e. The van der Waals surface area contributed by atoms with Gasteiger partial charge in [0, 0.05) is 4.43 Å². The highest BCUT2D eigenvalue weighted by Gasteiger charge is 2.22. The van der Waals surface area contributed by atoms with Gasteiger partial charge < -0.3 is 0 Å². The quantitative estimate of drug-likeness (QED) is 0.509. The third kappa shape index (κ3) is 2.87. The summed E-state index contributed by atoms with van der Waals surface area (Å²) >= 11 is 2.24. The fourth-order valence-corrected chi connectivity index (χ4v) is 1.25. The summed E-state index contributed by atoms with van der Waals surface area (Å²) in [6, 6.07) is 0. The molecule has 0 saturated carbocycles. The van der Waals surface area contributed by atoms with E-state index in [4.69, 9.17) is 0 Å². The van der Waals surface area contributed by atoms with E-state index >= 15 is 0 Å². The highest BCUT2D eigenvalue weighted by atomic mass is 127. The van der Waals surface area contributed by atoms with E-state index in [1.807, 2.05) is 6.92 Å². The summed E-state index contributed by atoms with van der Waals surface area (Å²) in [5.41, 5.74) is -0.749. The van der Waals surface area contributed by atoms with Crippen molar-refractivity contribution in [2.45, 2.75) is 26.4 Å². The Morgan fingerprint density at radius 1 is 1.62 bits per heavy atom. The number of halogens is 1. The molecule has 0 aromatic heterocycles. The van der Waals surface area contributed by atoms with Crippen LogP contribution in [-0.2, 0) is 5.11 Å². The molecule has 0 N–H and O–H groups in total. The first kappa shape index (κ1) is 8.69. The van der Waals surface area contributed by atoms with Crippen LogP contribution in [0.15, 0.2) is 0 Å². The maximum absolute atomic E-state index is 11.0. The first-order valence-electron chi connectivity index (χ1n) is 2.75. The standard InChI is InChI=1S/C6H12IO/c1-5(4-7)6(2,3)8/h5H,4H2,1-3H3. The molecule has 0 aliphatic rings. The summed E-state index contributed by atoms with van der Waals surface area (Å²) in [5, 5.41) is 11.0. The minimum Gasteiger partial charge on any atom is -0.230 e. The second kappa shape index (κ2) is 3.01. The lowest BCUT2D eigenvalue weighted by Gasteiger charge is -2.20. The first-order valence-corrected chi connectivity index (χ1v) is 4.27. The number of hydrogen-bond acceptors (Lipinski definition) is 0. The van der Waals surface area contributed by atoms with Crippen molar-refractivity contribution < 1.29 is 5.11 Å². The lowest BCUT2D eigenvalue weighted by Crippen LogP contribution is -2.27. The average molecular weight is 227 g/mol. The Labute approximate surface area is 64.6 Å². The zero-order valence-electron chi connectivity index (χ0n) is 5.57. The molecule has 0 amide bonds. The molecule has 0 spiro atoms. The highest BCUT2D eigenvalue weighted by molar-refractivity contribution is 14.1. The first-order chi connectivity index (χ1) is 3.48. The molecule has 1 unspecified atom stereocenters. The van der Waals surface area contributed by atoms with Gasteiger partial charge in [-0.15, -0.1) is 0 Å². The molecule has 0 aromatic carbocycles. The van der Waals surface area contributed by atoms with E-state index in [2.05, 4.69) is 22.6 Å². The van der Waals surface area contributed by atoms with E-state index in [9.17, 15) is 5.11 Å². The summed E-state index contributed by atoms with van der Waals surface area (Å²) in [5.74, 6) is 0.281. The molecule has 1 radical (unpaired) electrons. The largest absolute Gasteiger partial charge is 0.230 e. The van der Waals surface area contributed by atoms with Crippen LogP contribution >= 0.6 is 22.6 Å². The van der Waals surface area contributed by atoms with Gasteiger partial charge in [-0.1, -0.05) is 29.5 Å². The van der Waals surface area contributed by atoms with Crippen LogP contribution in [0.4, 0.5) is 0 Å². The van der Waals surface area contributed by atoms with Gasteiger partial charge in [0.25, 0.3) is 0 Å². The van der Waals surface area contributed by atoms with Crippen LogP contribution in [0.5, 0.6) is 0 Å². The van der Waals surface area contributed by atoms with Gasteiger partial charge in [-0.25, -0.2) is 5.11 Å². The van der Waals surface area contributed by atoms with Crippen molar-refractivity contribution in [2.75, 3.05) is 4.43 Å². The van der Waals surface area contributed by atoms with Crippen molar-refractivity contribution in [1.82, 2.24) is 0 Å². The van der Waals surface area contributed by atoms with Crippen LogP contribution in [0, 0.1) is 5.92 Å². The minimum atomic E-state index is -0.749.